The van der Waals surface area contributed by atoms with Crippen LogP contribution in [0.25, 0.3) is 0 Å². The number of rotatable bonds is 7. The topological polar surface area (TPSA) is 69.7 Å². The van der Waals surface area contributed by atoms with Crippen molar-refractivity contribution in [1.82, 2.24) is 9.21 Å². The number of hydrogen-bond acceptors (Lipinski definition) is 4. The Bertz CT molecular complexity index is 810. The van der Waals surface area contributed by atoms with Crippen molar-refractivity contribution in [3.63, 3.8) is 0 Å². The van der Waals surface area contributed by atoms with Gasteiger partial charge in [-0.1, -0.05) is 24.4 Å². The first kappa shape index (κ1) is 23.9. The number of nitrogens with one attached hydrogen (secondary N) is 1. The van der Waals surface area contributed by atoms with Crippen molar-refractivity contribution in [1.29, 1.82) is 0 Å². The summed E-state index contributed by atoms with van der Waals surface area (Å²) in [7, 11) is -2.32. The maximum Gasteiger partial charge on any atom is 0.390 e. The highest BCUT2D eigenvalue weighted by molar-refractivity contribution is 7.89. The van der Waals surface area contributed by atoms with Gasteiger partial charge in [0.05, 0.1) is 28.6 Å². The Morgan fingerprint density at radius 2 is 1.83 bits per heavy atom. The number of sulfonamides is 1. The molecular formula is C18H25ClF3N3O3S. The Labute approximate surface area is 174 Å². The van der Waals surface area contributed by atoms with Gasteiger partial charge >= 0.3 is 6.18 Å². The first-order valence-corrected chi connectivity index (χ1v) is 11.2. The molecule has 1 aliphatic rings. The summed E-state index contributed by atoms with van der Waals surface area (Å²) in [5.74, 6) is -0.583. The molecule has 0 spiro atoms. The molecule has 6 nitrogen and oxygen atoms in total. The van der Waals surface area contributed by atoms with E-state index in [9.17, 15) is 26.4 Å². The van der Waals surface area contributed by atoms with Crippen LogP contribution in [0.15, 0.2) is 23.1 Å². The van der Waals surface area contributed by atoms with Gasteiger partial charge in [0, 0.05) is 19.6 Å². The summed E-state index contributed by atoms with van der Waals surface area (Å²) >= 11 is 6.07. The van der Waals surface area contributed by atoms with E-state index in [0.717, 1.165) is 25.7 Å². The molecule has 164 valence electrons. The van der Waals surface area contributed by atoms with Crippen molar-refractivity contribution in [2.24, 2.45) is 0 Å². The number of hydrogen-bond donors (Lipinski definition) is 1. The fourth-order valence-corrected chi connectivity index (χ4v) is 4.73. The molecule has 0 radical (unpaired) electrons. The van der Waals surface area contributed by atoms with Crippen molar-refractivity contribution >= 4 is 33.2 Å². The summed E-state index contributed by atoms with van der Waals surface area (Å²) in [6.45, 7) is 0.275. The summed E-state index contributed by atoms with van der Waals surface area (Å²) < 4.78 is 64.1. The van der Waals surface area contributed by atoms with E-state index in [0.29, 0.717) is 13.1 Å². The van der Waals surface area contributed by atoms with Crippen LogP contribution in [0.5, 0.6) is 0 Å². The zero-order valence-corrected chi connectivity index (χ0v) is 17.7. The Morgan fingerprint density at radius 3 is 2.41 bits per heavy atom. The van der Waals surface area contributed by atoms with Crippen LogP contribution in [0.2, 0.25) is 5.02 Å². The fraction of sp³-hybridized carbons (Fsp3) is 0.611. The van der Waals surface area contributed by atoms with Gasteiger partial charge < -0.3 is 5.32 Å². The van der Waals surface area contributed by atoms with Gasteiger partial charge in [-0.2, -0.15) is 17.5 Å². The standard InChI is InChI=1S/C18H25ClF3N3O3S/c1-24(11-8-18(20,21)22)13-17(26)23-16-12-14(6-7-15(16)19)29(27,28)25-9-4-2-3-5-10-25/h6-7,12H,2-5,8-11,13H2,1H3,(H,23,26). The monoisotopic (exact) mass is 455 g/mol. The quantitative estimate of drug-likeness (QED) is 0.680. The molecule has 0 aliphatic carbocycles. The van der Waals surface area contributed by atoms with Crippen LogP contribution in [0.1, 0.15) is 32.1 Å². The van der Waals surface area contributed by atoms with Gasteiger partial charge in [0.25, 0.3) is 0 Å². The Kier molecular flexibility index (Phi) is 8.33. The molecular weight excluding hydrogens is 431 g/mol. The summed E-state index contributed by atoms with van der Waals surface area (Å²) in [6, 6.07) is 4.05. The Balaban J connectivity index is 2.07. The molecule has 1 amide bonds. The number of halogens is 4. The third-order valence-electron chi connectivity index (χ3n) is 4.61. The second-order valence-electron chi connectivity index (χ2n) is 7.11. The van der Waals surface area contributed by atoms with Gasteiger partial charge in [0.1, 0.15) is 0 Å². The van der Waals surface area contributed by atoms with Crippen LogP contribution in [-0.2, 0) is 14.8 Å². The van der Waals surface area contributed by atoms with E-state index in [1.54, 1.807) is 0 Å². The Morgan fingerprint density at radius 1 is 1.21 bits per heavy atom. The SMILES string of the molecule is CN(CCC(F)(F)F)CC(=O)Nc1cc(S(=O)(=O)N2CCCCCC2)ccc1Cl. The predicted octanol–water partition coefficient (Wildman–Crippen LogP) is 3.73. The summed E-state index contributed by atoms with van der Waals surface area (Å²) in [5.41, 5.74) is 0.108. The maximum absolute atomic E-state index is 12.9. The van der Waals surface area contributed by atoms with Gasteiger partial charge in [0.2, 0.25) is 15.9 Å². The van der Waals surface area contributed by atoms with E-state index >= 15 is 0 Å². The zero-order chi connectivity index (χ0) is 21.7. The molecule has 1 aromatic rings. The number of amides is 1. The molecule has 0 bridgehead atoms. The average Bonchev–Trinajstić information content (AvgIpc) is 2.91. The van der Waals surface area contributed by atoms with E-state index < -0.39 is 28.5 Å². The summed E-state index contributed by atoms with van der Waals surface area (Å²) in [6.07, 6.45) is -1.78. The van der Waals surface area contributed by atoms with Crippen molar-refractivity contribution < 1.29 is 26.4 Å². The largest absolute Gasteiger partial charge is 0.390 e. The normalized spacial score (nSPS) is 16.6. The molecule has 1 N–H and O–H groups in total. The lowest BCUT2D eigenvalue weighted by molar-refractivity contribution is -0.138. The third-order valence-corrected chi connectivity index (χ3v) is 6.83. The van der Waals surface area contributed by atoms with Crippen LogP contribution in [0, 0.1) is 0 Å². The van der Waals surface area contributed by atoms with Crippen molar-refractivity contribution in [3.8, 4) is 0 Å². The van der Waals surface area contributed by atoms with Gasteiger partial charge in [-0.3, -0.25) is 9.69 Å². The first-order chi connectivity index (χ1) is 13.5. The number of benzene rings is 1. The number of nitrogens with zero attached hydrogens (tertiary/aromatic N) is 2. The van der Waals surface area contributed by atoms with Crippen molar-refractivity contribution in [2.45, 2.75) is 43.2 Å². The highest BCUT2D eigenvalue weighted by atomic mass is 35.5. The van der Waals surface area contributed by atoms with E-state index in [-0.39, 0.29) is 28.7 Å². The molecule has 2 rings (SSSR count). The second kappa shape index (κ2) is 10.1. The minimum atomic E-state index is -4.30. The van der Waals surface area contributed by atoms with Gasteiger partial charge in [-0.05, 0) is 38.1 Å². The molecule has 1 aromatic carbocycles. The van der Waals surface area contributed by atoms with Gasteiger partial charge in [-0.25, -0.2) is 8.42 Å². The van der Waals surface area contributed by atoms with Crippen LogP contribution in [-0.4, -0.2) is 62.9 Å². The summed E-state index contributed by atoms with van der Waals surface area (Å²) in [4.78, 5) is 13.4. The average molecular weight is 456 g/mol. The van der Waals surface area contributed by atoms with Gasteiger partial charge in [-0.15, -0.1) is 0 Å². The predicted molar refractivity (Wildman–Crippen MR) is 105 cm³/mol. The van der Waals surface area contributed by atoms with E-state index in [1.165, 1.54) is 34.5 Å². The fourth-order valence-electron chi connectivity index (χ4n) is 3.02. The van der Waals surface area contributed by atoms with Crippen molar-refractivity contribution in [2.75, 3.05) is 38.5 Å². The lowest BCUT2D eigenvalue weighted by Crippen LogP contribution is -2.33. The third kappa shape index (κ3) is 7.44. The molecule has 1 fully saturated rings. The molecule has 0 saturated carbocycles. The van der Waals surface area contributed by atoms with Gasteiger partial charge in [0.15, 0.2) is 0 Å². The molecule has 1 saturated heterocycles. The number of anilines is 1. The van der Waals surface area contributed by atoms with Crippen LogP contribution in [0.4, 0.5) is 18.9 Å². The van der Waals surface area contributed by atoms with Crippen LogP contribution >= 0.6 is 11.6 Å². The molecule has 11 heteroatoms. The minimum Gasteiger partial charge on any atom is -0.324 e. The second-order valence-corrected chi connectivity index (χ2v) is 9.46. The molecule has 1 heterocycles. The van der Waals surface area contributed by atoms with Crippen molar-refractivity contribution in [3.05, 3.63) is 23.2 Å². The summed E-state index contributed by atoms with van der Waals surface area (Å²) in [5, 5.41) is 2.63. The van der Waals surface area contributed by atoms with Crippen LogP contribution < -0.4 is 5.32 Å². The maximum atomic E-state index is 12.9. The highest BCUT2D eigenvalue weighted by Gasteiger charge is 2.28. The zero-order valence-electron chi connectivity index (χ0n) is 16.1. The molecule has 0 aromatic heterocycles. The first-order valence-electron chi connectivity index (χ1n) is 9.34. The van der Waals surface area contributed by atoms with Crippen LogP contribution in [0.3, 0.4) is 0 Å². The number of likely N-dealkylation sites (N-methyl/N-ethyl adjacent to an activating group) is 1. The lowest BCUT2D eigenvalue weighted by atomic mass is 10.2. The number of alkyl halides is 3. The molecule has 0 atom stereocenters. The highest BCUT2D eigenvalue weighted by Crippen LogP contribution is 2.28. The smallest absolute Gasteiger partial charge is 0.324 e. The number of carbonyl (C=O) groups excluding carboxylic acids is 1. The molecule has 0 unspecified atom stereocenters. The lowest BCUT2D eigenvalue weighted by Gasteiger charge is -2.21. The van der Waals surface area contributed by atoms with E-state index in [2.05, 4.69) is 5.32 Å². The minimum absolute atomic E-state index is 0.0181. The van der Waals surface area contributed by atoms with E-state index in [1.807, 2.05) is 0 Å². The molecule has 1 aliphatic heterocycles. The van der Waals surface area contributed by atoms with E-state index in [4.69, 9.17) is 11.6 Å². The molecule has 29 heavy (non-hydrogen) atoms. The Hall–Kier alpha value is -1.36. The number of carbonyl (C=O) groups is 1.